The summed E-state index contributed by atoms with van der Waals surface area (Å²) in [5, 5.41) is 1.50. The molecular formula is C11H15N3O3S. The van der Waals surface area contributed by atoms with Gasteiger partial charge in [0.2, 0.25) is 5.91 Å². The van der Waals surface area contributed by atoms with E-state index in [1.54, 1.807) is 12.1 Å². The molecule has 0 radical (unpaired) electrons. The summed E-state index contributed by atoms with van der Waals surface area (Å²) < 4.78 is 23.6. The van der Waals surface area contributed by atoms with Crippen molar-refractivity contribution in [3.63, 3.8) is 0 Å². The lowest BCUT2D eigenvalue weighted by Crippen LogP contribution is -2.39. The third-order valence-corrected chi connectivity index (χ3v) is 5.13. The molecule has 98 valence electrons. The maximum atomic E-state index is 11.9. The first-order valence-electron chi connectivity index (χ1n) is 5.73. The zero-order valence-corrected chi connectivity index (χ0v) is 10.6. The number of sulfone groups is 1. The molecule has 1 atom stereocenters. The van der Waals surface area contributed by atoms with Gasteiger partial charge in [0, 0.05) is 6.20 Å². The van der Waals surface area contributed by atoms with Gasteiger partial charge in [-0.15, -0.1) is 0 Å². The van der Waals surface area contributed by atoms with Crippen LogP contribution >= 0.6 is 0 Å². The number of carbonyl (C=O) groups is 1. The van der Waals surface area contributed by atoms with Gasteiger partial charge >= 0.3 is 0 Å². The van der Waals surface area contributed by atoms with Crippen molar-refractivity contribution < 1.29 is 13.2 Å². The second-order valence-electron chi connectivity index (χ2n) is 4.28. The summed E-state index contributed by atoms with van der Waals surface area (Å²) in [5.74, 6) is -0.258. The topological polar surface area (TPSA) is 102 Å². The molecule has 6 nitrogen and oxygen atoms in total. The highest BCUT2D eigenvalue weighted by atomic mass is 32.2. The first kappa shape index (κ1) is 12.8. The van der Waals surface area contributed by atoms with E-state index in [-0.39, 0.29) is 11.6 Å². The second kappa shape index (κ2) is 4.93. The van der Waals surface area contributed by atoms with Crippen molar-refractivity contribution in [2.24, 2.45) is 0 Å². The summed E-state index contributed by atoms with van der Waals surface area (Å²) in [6.07, 6.45) is 3.22. The summed E-state index contributed by atoms with van der Waals surface area (Å²) in [6, 6.07) is 3.24. The molecule has 0 aromatic carbocycles. The van der Waals surface area contributed by atoms with Crippen LogP contribution in [0.3, 0.4) is 0 Å². The Bertz CT molecular complexity index is 556. The standard InChI is InChI=1S/C11H15N3O3S/c12-8-4-3-6-13-10(8)14-11(15)9-5-1-2-7-18(9,16)17/h3-4,6,9H,1-2,5,7,12H2,(H,13,14,15). The molecule has 1 aliphatic heterocycles. The molecule has 3 N–H and O–H groups in total. The van der Waals surface area contributed by atoms with Crippen LogP contribution in [0.25, 0.3) is 0 Å². The Kier molecular flexibility index (Phi) is 3.51. The van der Waals surface area contributed by atoms with Crippen LogP contribution in [0.2, 0.25) is 0 Å². The fourth-order valence-corrected chi connectivity index (χ4v) is 3.77. The largest absolute Gasteiger partial charge is 0.396 e. The highest BCUT2D eigenvalue weighted by molar-refractivity contribution is 7.92. The number of amides is 1. The Balaban J connectivity index is 2.15. The van der Waals surface area contributed by atoms with Crippen LogP contribution in [0.5, 0.6) is 0 Å². The van der Waals surface area contributed by atoms with Gasteiger partial charge in [0.25, 0.3) is 0 Å². The Morgan fingerprint density at radius 3 is 2.89 bits per heavy atom. The molecule has 0 aliphatic carbocycles. The molecule has 1 amide bonds. The Hall–Kier alpha value is -1.63. The summed E-state index contributed by atoms with van der Waals surface area (Å²) in [4.78, 5) is 15.9. The van der Waals surface area contributed by atoms with Gasteiger partial charge in [-0.05, 0) is 25.0 Å². The Morgan fingerprint density at radius 2 is 2.22 bits per heavy atom. The van der Waals surface area contributed by atoms with Crippen molar-refractivity contribution in [3.8, 4) is 0 Å². The summed E-state index contributed by atoms with van der Waals surface area (Å²) in [7, 11) is -3.34. The molecule has 2 heterocycles. The first-order chi connectivity index (χ1) is 8.50. The van der Waals surface area contributed by atoms with Gasteiger partial charge in [-0.25, -0.2) is 13.4 Å². The van der Waals surface area contributed by atoms with E-state index in [2.05, 4.69) is 10.3 Å². The van der Waals surface area contributed by atoms with Gasteiger partial charge in [-0.3, -0.25) is 4.79 Å². The predicted molar refractivity (Wildman–Crippen MR) is 68.7 cm³/mol. The fraction of sp³-hybridized carbons (Fsp3) is 0.455. The SMILES string of the molecule is Nc1cccnc1NC(=O)C1CCCCS1(=O)=O. The van der Waals surface area contributed by atoms with Gasteiger partial charge in [0.05, 0.1) is 11.4 Å². The monoisotopic (exact) mass is 269 g/mol. The van der Waals surface area contributed by atoms with E-state index in [0.29, 0.717) is 18.5 Å². The van der Waals surface area contributed by atoms with Crippen LogP contribution in [0.4, 0.5) is 11.5 Å². The van der Waals surface area contributed by atoms with Gasteiger partial charge in [-0.2, -0.15) is 0 Å². The summed E-state index contributed by atoms with van der Waals surface area (Å²) >= 11 is 0. The molecule has 1 saturated heterocycles. The van der Waals surface area contributed by atoms with Crippen LogP contribution in [-0.2, 0) is 14.6 Å². The van der Waals surface area contributed by atoms with E-state index in [9.17, 15) is 13.2 Å². The number of nitrogens with zero attached hydrogens (tertiary/aromatic N) is 1. The minimum absolute atomic E-state index is 0.0722. The molecule has 2 rings (SSSR count). The highest BCUT2D eigenvalue weighted by Crippen LogP contribution is 2.22. The molecule has 1 unspecified atom stereocenters. The number of pyridine rings is 1. The van der Waals surface area contributed by atoms with E-state index in [1.165, 1.54) is 6.20 Å². The van der Waals surface area contributed by atoms with Crippen LogP contribution < -0.4 is 11.1 Å². The number of rotatable bonds is 2. The van der Waals surface area contributed by atoms with E-state index >= 15 is 0 Å². The van der Waals surface area contributed by atoms with Crippen molar-refractivity contribution in [1.82, 2.24) is 4.98 Å². The third-order valence-electron chi connectivity index (χ3n) is 2.95. The van der Waals surface area contributed by atoms with E-state index in [1.807, 2.05) is 0 Å². The lowest BCUT2D eigenvalue weighted by molar-refractivity contribution is -0.116. The van der Waals surface area contributed by atoms with Crippen LogP contribution in [0.15, 0.2) is 18.3 Å². The minimum Gasteiger partial charge on any atom is -0.396 e. The highest BCUT2D eigenvalue weighted by Gasteiger charge is 2.35. The molecular weight excluding hydrogens is 254 g/mol. The molecule has 7 heteroatoms. The molecule has 1 fully saturated rings. The average Bonchev–Trinajstić information content (AvgIpc) is 2.31. The molecule has 0 spiro atoms. The number of anilines is 2. The fourth-order valence-electron chi connectivity index (χ4n) is 1.97. The number of nitrogens with two attached hydrogens (primary N) is 1. The number of nitrogens with one attached hydrogen (secondary N) is 1. The summed E-state index contributed by atoms with van der Waals surface area (Å²) in [5.41, 5.74) is 5.96. The maximum absolute atomic E-state index is 11.9. The van der Waals surface area contributed by atoms with Crippen molar-refractivity contribution in [2.75, 3.05) is 16.8 Å². The molecule has 1 aromatic rings. The van der Waals surface area contributed by atoms with Gasteiger partial charge in [0.15, 0.2) is 15.7 Å². The van der Waals surface area contributed by atoms with E-state index < -0.39 is 21.0 Å². The molecule has 0 saturated carbocycles. The molecule has 1 aromatic heterocycles. The molecule has 1 aliphatic rings. The summed E-state index contributed by atoms with van der Waals surface area (Å²) in [6.45, 7) is 0. The van der Waals surface area contributed by atoms with Crippen molar-refractivity contribution >= 4 is 27.2 Å². The van der Waals surface area contributed by atoms with Gasteiger partial charge in [-0.1, -0.05) is 6.42 Å². The normalized spacial score (nSPS) is 22.3. The van der Waals surface area contributed by atoms with Gasteiger partial charge in [0.1, 0.15) is 5.25 Å². The third kappa shape index (κ3) is 2.61. The van der Waals surface area contributed by atoms with Crippen LogP contribution in [0.1, 0.15) is 19.3 Å². The Labute approximate surface area is 106 Å². The smallest absolute Gasteiger partial charge is 0.243 e. The average molecular weight is 269 g/mol. The van der Waals surface area contributed by atoms with Gasteiger partial charge < -0.3 is 11.1 Å². The van der Waals surface area contributed by atoms with Crippen molar-refractivity contribution in [3.05, 3.63) is 18.3 Å². The minimum atomic E-state index is -3.34. The van der Waals surface area contributed by atoms with Crippen molar-refractivity contribution in [1.29, 1.82) is 0 Å². The van der Waals surface area contributed by atoms with Crippen molar-refractivity contribution in [2.45, 2.75) is 24.5 Å². The number of hydrogen-bond donors (Lipinski definition) is 2. The Morgan fingerprint density at radius 1 is 1.44 bits per heavy atom. The lowest BCUT2D eigenvalue weighted by atomic mass is 10.2. The quantitative estimate of drug-likeness (QED) is 0.817. The van der Waals surface area contributed by atoms with E-state index in [4.69, 9.17) is 5.73 Å². The van der Waals surface area contributed by atoms with E-state index in [0.717, 1.165) is 6.42 Å². The number of carbonyl (C=O) groups excluding carboxylic acids is 1. The van der Waals surface area contributed by atoms with Crippen LogP contribution in [-0.4, -0.2) is 30.3 Å². The number of aromatic nitrogens is 1. The molecule has 0 bridgehead atoms. The zero-order valence-electron chi connectivity index (χ0n) is 9.80. The number of nitrogen functional groups attached to an aromatic ring is 1. The predicted octanol–water partition coefficient (Wildman–Crippen LogP) is 0.570. The zero-order chi connectivity index (χ0) is 13.2. The van der Waals surface area contributed by atoms with Crippen LogP contribution in [0, 0.1) is 0 Å². The second-order valence-corrected chi connectivity index (χ2v) is 6.58. The maximum Gasteiger partial charge on any atom is 0.243 e. The lowest BCUT2D eigenvalue weighted by Gasteiger charge is -2.21. The molecule has 18 heavy (non-hydrogen) atoms. The first-order valence-corrected chi connectivity index (χ1v) is 7.45. The number of hydrogen-bond acceptors (Lipinski definition) is 5.